The van der Waals surface area contributed by atoms with E-state index in [0.717, 1.165) is 0 Å². The van der Waals surface area contributed by atoms with Gasteiger partial charge in [0.05, 0.1) is 12.7 Å². The van der Waals surface area contributed by atoms with Crippen LogP contribution in [-0.2, 0) is 5.67 Å². The molecule has 1 rings (SSSR count). The van der Waals surface area contributed by atoms with E-state index in [4.69, 9.17) is 0 Å². The summed E-state index contributed by atoms with van der Waals surface area (Å²) in [6.45, 7) is 1.69. The number of hydrogen-bond acceptors (Lipinski definition) is 2. The molecule has 0 atom stereocenters. The lowest BCUT2D eigenvalue weighted by molar-refractivity contribution is -0.349. The summed E-state index contributed by atoms with van der Waals surface area (Å²) in [4.78, 5) is 3.40. The Morgan fingerprint density at radius 2 is 1.60 bits per heavy atom. The van der Waals surface area contributed by atoms with E-state index in [-0.39, 0.29) is 6.42 Å². The lowest BCUT2D eigenvalue weighted by Crippen LogP contribution is -2.51. The predicted molar refractivity (Wildman–Crippen MR) is 75.1 cm³/mol. The molecule has 0 fully saturated rings. The van der Waals surface area contributed by atoms with Crippen LogP contribution in [0.5, 0.6) is 5.75 Å². The lowest BCUT2D eigenvalue weighted by Gasteiger charge is -2.31. The molecule has 2 nitrogen and oxygen atoms in total. The van der Waals surface area contributed by atoms with Crippen molar-refractivity contribution in [2.24, 2.45) is 0 Å². The predicted octanol–water partition coefficient (Wildman–Crippen LogP) is 5.43. The second-order valence-electron chi connectivity index (χ2n) is 4.68. The van der Waals surface area contributed by atoms with Crippen molar-refractivity contribution in [3.63, 3.8) is 0 Å². The summed E-state index contributed by atoms with van der Waals surface area (Å²) in [5.74, 6) is 0.753. The normalized spacial score (nSPS) is 12.6. The highest BCUT2D eigenvalue weighted by Crippen LogP contribution is 2.57. The Bertz CT molecular complexity index is 688. The minimum Gasteiger partial charge on any atom is -0.493 e. The van der Waals surface area contributed by atoms with E-state index in [2.05, 4.69) is 31.6 Å². The first kappa shape index (κ1) is 21.5. The Morgan fingerprint density at radius 3 is 2.00 bits per heavy atom. The zero-order valence-corrected chi connectivity index (χ0v) is 14.3. The quantitative estimate of drug-likeness (QED) is 0.355. The zero-order chi connectivity index (χ0) is 19.6. The third-order valence-electron chi connectivity index (χ3n) is 2.96. The second-order valence-corrected chi connectivity index (χ2v) is 5.43. The minimum atomic E-state index is -6.51. The molecule has 11 heteroatoms. The largest absolute Gasteiger partial charge is 0.493 e. The fourth-order valence-electron chi connectivity index (χ4n) is 1.81. The van der Waals surface area contributed by atoms with Gasteiger partial charge in [0.1, 0.15) is 4.60 Å². The molecule has 0 N–H and O–H groups in total. The first-order chi connectivity index (χ1) is 11.3. The molecule has 0 unspecified atom stereocenters. The van der Waals surface area contributed by atoms with Crippen LogP contribution in [0.25, 0.3) is 0 Å². The molecule has 0 saturated heterocycles. The number of ether oxygens (including phenoxy) is 1. The number of aromatic nitrogens is 1. The highest BCUT2D eigenvalue weighted by atomic mass is 79.9. The second kappa shape index (κ2) is 7.35. The van der Waals surface area contributed by atoms with Crippen LogP contribution in [0.4, 0.5) is 35.1 Å². The van der Waals surface area contributed by atoms with Gasteiger partial charge in [0.15, 0.2) is 17.3 Å². The van der Waals surface area contributed by atoms with Crippen molar-refractivity contribution >= 4 is 15.9 Å². The van der Waals surface area contributed by atoms with Gasteiger partial charge >= 0.3 is 18.0 Å². The zero-order valence-electron chi connectivity index (χ0n) is 12.7. The van der Waals surface area contributed by atoms with Gasteiger partial charge in [-0.1, -0.05) is 12.8 Å². The van der Waals surface area contributed by atoms with Gasteiger partial charge in [-0.25, -0.2) is 13.8 Å². The van der Waals surface area contributed by atoms with Gasteiger partial charge in [-0.2, -0.15) is 26.3 Å². The van der Waals surface area contributed by atoms with Crippen molar-refractivity contribution in [2.45, 2.75) is 37.8 Å². The molecule has 1 heterocycles. The number of pyridine rings is 1. The maximum absolute atomic E-state index is 14.4. The maximum Gasteiger partial charge on any atom is 0.436 e. The third kappa shape index (κ3) is 3.83. The van der Waals surface area contributed by atoms with Crippen molar-refractivity contribution in [2.75, 3.05) is 7.11 Å². The Balaban J connectivity index is 3.92. The van der Waals surface area contributed by atoms with Crippen LogP contribution in [0.2, 0.25) is 0 Å². The van der Waals surface area contributed by atoms with Crippen molar-refractivity contribution in [3.8, 4) is 17.6 Å². The summed E-state index contributed by atoms with van der Waals surface area (Å²) in [7, 11) is 0.653. The van der Waals surface area contributed by atoms with Crippen molar-refractivity contribution in [3.05, 3.63) is 21.7 Å². The lowest BCUT2D eigenvalue weighted by atomic mass is 9.92. The van der Waals surface area contributed by atoms with Crippen molar-refractivity contribution in [1.29, 1.82) is 0 Å². The van der Waals surface area contributed by atoms with Crippen LogP contribution in [0.3, 0.4) is 0 Å². The molecular formula is C14H10BrF8NO. The van der Waals surface area contributed by atoms with E-state index < -0.39 is 45.4 Å². The van der Waals surface area contributed by atoms with Crippen LogP contribution in [0, 0.1) is 17.7 Å². The summed E-state index contributed by atoms with van der Waals surface area (Å²) in [6, 6.07) is 0. The number of hydrogen-bond donors (Lipinski definition) is 0. The monoisotopic (exact) mass is 439 g/mol. The Morgan fingerprint density at radius 1 is 1.08 bits per heavy atom. The van der Waals surface area contributed by atoms with Gasteiger partial charge in [0, 0.05) is 6.42 Å². The molecule has 25 heavy (non-hydrogen) atoms. The Hall–Kier alpha value is -1.57. The molecule has 0 bridgehead atoms. The Kier molecular flexibility index (Phi) is 6.32. The summed E-state index contributed by atoms with van der Waals surface area (Å²) in [5, 5.41) is 0. The van der Waals surface area contributed by atoms with E-state index in [1.165, 1.54) is 0 Å². The standard InChI is InChI=1S/C14H10BrF8NO/c1-3-4-5-6-7-9(16)8(10(25-2)11(15)24-7)12(17,13(18,19)20)14(21,22)23/h3-4H2,1-2H3. The molecule has 0 saturated carbocycles. The molecular weight excluding hydrogens is 430 g/mol. The van der Waals surface area contributed by atoms with Crippen molar-refractivity contribution < 1.29 is 39.9 Å². The van der Waals surface area contributed by atoms with Crippen LogP contribution in [0.15, 0.2) is 4.60 Å². The first-order valence-electron chi connectivity index (χ1n) is 6.57. The van der Waals surface area contributed by atoms with Crippen LogP contribution in [-0.4, -0.2) is 24.4 Å². The molecule has 0 aliphatic carbocycles. The summed E-state index contributed by atoms with van der Waals surface area (Å²) < 4.78 is 110. The van der Waals surface area contributed by atoms with Gasteiger partial charge in [-0.3, -0.25) is 0 Å². The van der Waals surface area contributed by atoms with Crippen LogP contribution in [0.1, 0.15) is 31.0 Å². The number of nitrogens with zero attached hydrogens (tertiary/aromatic N) is 1. The summed E-state index contributed by atoms with van der Waals surface area (Å²) in [5.41, 5.74) is -9.45. The molecule has 0 aliphatic heterocycles. The summed E-state index contributed by atoms with van der Waals surface area (Å²) in [6.07, 6.45) is -12.3. The average Bonchev–Trinajstić information content (AvgIpc) is 2.47. The first-order valence-corrected chi connectivity index (χ1v) is 7.36. The van der Waals surface area contributed by atoms with Crippen LogP contribution < -0.4 is 4.74 Å². The molecule has 0 radical (unpaired) electrons. The van der Waals surface area contributed by atoms with E-state index in [1.807, 2.05) is 5.92 Å². The average molecular weight is 440 g/mol. The van der Waals surface area contributed by atoms with Gasteiger partial charge in [0.25, 0.3) is 0 Å². The molecule has 0 spiro atoms. The molecule has 0 amide bonds. The number of rotatable bonds is 3. The highest BCUT2D eigenvalue weighted by Gasteiger charge is 2.75. The van der Waals surface area contributed by atoms with E-state index in [1.54, 1.807) is 6.92 Å². The fraction of sp³-hybridized carbons (Fsp3) is 0.500. The molecule has 0 aromatic carbocycles. The maximum atomic E-state index is 14.4. The Labute approximate surface area is 145 Å². The molecule has 1 aromatic heterocycles. The van der Waals surface area contributed by atoms with E-state index in [0.29, 0.717) is 13.5 Å². The third-order valence-corrected chi connectivity index (χ3v) is 3.50. The molecule has 140 valence electrons. The van der Waals surface area contributed by atoms with Crippen LogP contribution >= 0.6 is 15.9 Å². The van der Waals surface area contributed by atoms with Gasteiger partial charge < -0.3 is 4.74 Å². The minimum absolute atomic E-state index is 0.180. The number of halogens is 9. The molecule has 1 aromatic rings. The number of methoxy groups -OCH3 is 1. The number of alkyl halides is 7. The smallest absolute Gasteiger partial charge is 0.436 e. The molecule has 0 aliphatic rings. The van der Waals surface area contributed by atoms with Crippen molar-refractivity contribution in [1.82, 2.24) is 4.98 Å². The SMILES string of the molecule is CCCC#Cc1nc(Br)c(OC)c(C(F)(C(F)(F)F)C(F)(F)F)c1F. The van der Waals surface area contributed by atoms with E-state index >= 15 is 0 Å². The van der Waals surface area contributed by atoms with Gasteiger partial charge in [-0.05, 0) is 28.3 Å². The topological polar surface area (TPSA) is 22.1 Å². The fourth-order valence-corrected chi connectivity index (χ4v) is 2.35. The number of unbranched alkanes of at least 4 members (excludes halogenated alkanes) is 1. The highest BCUT2D eigenvalue weighted by molar-refractivity contribution is 9.10. The summed E-state index contributed by atoms with van der Waals surface area (Å²) >= 11 is 2.56. The van der Waals surface area contributed by atoms with Gasteiger partial charge in [0.2, 0.25) is 0 Å². The van der Waals surface area contributed by atoms with Gasteiger partial charge in [-0.15, -0.1) is 0 Å². The van der Waals surface area contributed by atoms with E-state index in [9.17, 15) is 35.1 Å².